The van der Waals surface area contributed by atoms with Crippen molar-refractivity contribution in [1.29, 1.82) is 0 Å². The lowest BCUT2D eigenvalue weighted by Gasteiger charge is -2.44. The van der Waals surface area contributed by atoms with E-state index >= 15 is 0 Å². The summed E-state index contributed by atoms with van der Waals surface area (Å²) in [5.74, 6) is 0.410. The third kappa shape index (κ3) is 6.60. The van der Waals surface area contributed by atoms with E-state index in [1.807, 2.05) is 57.3 Å². The van der Waals surface area contributed by atoms with Crippen LogP contribution in [0.15, 0.2) is 54.6 Å². The van der Waals surface area contributed by atoms with Crippen LogP contribution in [0.3, 0.4) is 0 Å². The maximum atomic E-state index is 13.9. The van der Waals surface area contributed by atoms with Crippen LogP contribution >= 0.6 is 0 Å². The molecular weight excluding hydrogens is 609 g/mol. The second-order valence-corrected chi connectivity index (χ2v) is 12.4. The van der Waals surface area contributed by atoms with E-state index in [4.69, 9.17) is 9.72 Å². The van der Waals surface area contributed by atoms with Crippen molar-refractivity contribution in [3.8, 4) is 17.0 Å². The van der Waals surface area contributed by atoms with Crippen LogP contribution in [0.4, 0.5) is 29.3 Å². The Labute approximate surface area is 273 Å². The van der Waals surface area contributed by atoms with Gasteiger partial charge in [-0.15, -0.1) is 0 Å². The molecule has 0 radical (unpaired) electrons. The largest absolute Gasteiger partial charge is 0.493 e. The first kappa shape index (κ1) is 32.6. The predicted octanol–water partition coefficient (Wildman–Crippen LogP) is 5.68. The molecule has 6 rings (SSSR count). The fourth-order valence-electron chi connectivity index (χ4n) is 7.01. The Morgan fingerprint density at radius 2 is 1.79 bits per heavy atom. The molecule has 3 aliphatic heterocycles. The number of hydrogen-bond acceptors (Lipinski definition) is 6. The molecule has 250 valence electrons. The van der Waals surface area contributed by atoms with Gasteiger partial charge in [-0.25, -0.2) is 9.78 Å². The fourth-order valence-corrected chi connectivity index (χ4v) is 7.01. The van der Waals surface area contributed by atoms with Gasteiger partial charge in [0.05, 0.1) is 29.2 Å². The molecule has 9 nitrogen and oxygen atoms in total. The van der Waals surface area contributed by atoms with Gasteiger partial charge in [0.1, 0.15) is 5.75 Å². The molecule has 3 aromatic rings. The van der Waals surface area contributed by atoms with Crippen molar-refractivity contribution >= 4 is 23.3 Å². The molecule has 0 unspecified atom stereocenters. The molecule has 2 atom stereocenters. The van der Waals surface area contributed by atoms with Crippen molar-refractivity contribution in [3.63, 3.8) is 0 Å². The van der Waals surface area contributed by atoms with Gasteiger partial charge in [0.15, 0.2) is 5.69 Å². The van der Waals surface area contributed by atoms with Gasteiger partial charge >= 0.3 is 12.2 Å². The van der Waals surface area contributed by atoms with Crippen molar-refractivity contribution in [2.75, 3.05) is 62.7 Å². The zero-order valence-corrected chi connectivity index (χ0v) is 27.0. The van der Waals surface area contributed by atoms with Gasteiger partial charge in [0.2, 0.25) is 0 Å². The van der Waals surface area contributed by atoms with Crippen LogP contribution in [-0.4, -0.2) is 91.7 Å². The number of halogens is 3. The highest BCUT2D eigenvalue weighted by atomic mass is 19.4. The van der Waals surface area contributed by atoms with Crippen LogP contribution in [0.1, 0.15) is 48.3 Å². The highest BCUT2D eigenvalue weighted by Crippen LogP contribution is 2.42. The van der Waals surface area contributed by atoms with Crippen molar-refractivity contribution in [3.05, 3.63) is 71.4 Å². The number of benzene rings is 2. The molecular formula is C35H41F3N6O3. The summed E-state index contributed by atoms with van der Waals surface area (Å²) in [6.07, 6.45) is -2.69. The number of anilines is 2. The van der Waals surface area contributed by atoms with E-state index in [1.54, 1.807) is 11.0 Å². The number of aromatic nitrogens is 1. The van der Waals surface area contributed by atoms with E-state index in [2.05, 4.69) is 15.1 Å². The molecule has 3 amide bonds. The van der Waals surface area contributed by atoms with Crippen molar-refractivity contribution in [1.82, 2.24) is 20.1 Å². The van der Waals surface area contributed by atoms with Crippen LogP contribution in [-0.2, 0) is 12.6 Å². The number of para-hydroxylation sites is 2. The van der Waals surface area contributed by atoms with Crippen LogP contribution < -0.4 is 19.9 Å². The zero-order chi connectivity index (χ0) is 33.3. The number of likely N-dealkylation sites (N-methyl/N-ethyl adjacent to an activating group) is 1. The van der Waals surface area contributed by atoms with Crippen LogP contribution in [0.2, 0.25) is 0 Å². The number of pyridine rings is 1. The first-order valence-electron chi connectivity index (χ1n) is 16.3. The quantitative estimate of drug-likeness (QED) is 0.355. The fraction of sp³-hybridized carbons (Fsp3) is 0.457. The Hall–Kier alpha value is -4.32. The normalized spacial score (nSPS) is 20.0. The molecule has 4 heterocycles. The Kier molecular flexibility index (Phi) is 9.32. The monoisotopic (exact) mass is 650 g/mol. The first-order valence-corrected chi connectivity index (χ1v) is 16.3. The van der Waals surface area contributed by atoms with Crippen molar-refractivity contribution < 1.29 is 27.5 Å². The summed E-state index contributed by atoms with van der Waals surface area (Å²) in [5, 5.41) is 3.18. The number of likely N-dealkylation sites (tertiary alicyclic amines) is 1. The van der Waals surface area contributed by atoms with E-state index < -0.39 is 17.8 Å². The topological polar surface area (TPSA) is 81.2 Å². The lowest BCUT2D eigenvalue weighted by atomic mass is 10.0. The van der Waals surface area contributed by atoms with Gasteiger partial charge in [-0.3, -0.25) is 9.69 Å². The van der Waals surface area contributed by atoms with E-state index in [9.17, 15) is 22.8 Å². The predicted molar refractivity (Wildman–Crippen MR) is 175 cm³/mol. The number of fused-ring (bicyclic) bond motifs is 1. The van der Waals surface area contributed by atoms with Crippen molar-refractivity contribution in [2.24, 2.45) is 0 Å². The first-order chi connectivity index (χ1) is 22.6. The Balaban J connectivity index is 1.29. The lowest BCUT2D eigenvalue weighted by molar-refractivity contribution is -0.137. The molecule has 0 saturated carbocycles. The average Bonchev–Trinajstić information content (AvgIpc) is 3.69. The molecule has 3 aliphatic rings. The third-order valence-corrected chi connectivity index (χ3v) is 9.34. The molecule has 0 aliphatic carbocycles. The Morgan fingerprint density at radius 3 is 2.51 bits per heavy atom. The highest BCUT2D eigenvalue weighted by molar-refractivity contribution is 5.99. The van der Waals surface area contributed by atoms with Gasteiger partial charge in [-0.1, -0.05) is 31.2 Å². The number of piperazine rings is 1. The van der Waals surface area contributed by atoms with E-state index in [1.165, 1.54) is 11.0 Å². The molecule has 12 heteroatoms. The Morgan fingerprint density at radius 1 is 0.979 bits per heavy atom. The minimum atomic E-state index is -4.56. The maximum absolute atomic E-state index is 13.9. The molecule has 1 N–H and O–H groups in total. The summed E-state index contributed by atoms with van der Waals surface area (Å²) in [4.78, 5) is 39.9. The second-order valence-electron chi connectivity index (χ2n) is 12.4. The number of alkyl halides is 3. The number of nitrogens with zero attached hydrogens (tertiary/aromatic N) is 5. The molecule has 0 bridgehead atoms. The van der Waals surface area contributed by atoms with Gasteiger partial charge in [0.25, 0.3) is 5.91 Å². The summed E-state index contributed by atoms with van der Waals surface area (Å²) in [6.45, 7) is 7.25. The van der Waals surface area contributed by atoms with Crippen LogP contribution in [0.25, 0.3) is 11.3 Å². The van der Waals surface area contributed by atoms with Gasteiger partial charge in [0, 0.05) is 50.4 Å². The smallest absolute Gasteiger partial charge is 0.418 e. The van der Waals surface area contributed by atoms with Crippen LogP contribution in [0.5, 0.6) is 5.75 Å². The third-order valence-electron chi connectivity index (χ3n) is 9.34. The van der Waals surface area contributed by atoms with Gasteiger partial charge < -0.3 is 24.8 Å². The molecule has 2 saturated heterocycles. The maximum Gasteiger partial charge on any atom is 0.418 e. The molecule has 1 aromatic heterocycles. The summed E-state index contributed by atoms with van der Waals surface area (Å²) in [5.41, 5.74) is 2.06. The van der Waals surface area contributed by atoms with Gasteiger partial charge in [-0.05, 0) is 75.7 Å². The number of urea groups is 1. The molecule has 47 heavy (non-hydrogen) atoms. The number of carbonyl (C=O) groups excluding carboxylic acids is 2. The molecule has 2 aromatic carbocycles. The minimum Gasteiger partial charge on any atom is -0.493 e. The number of amides is 3. The number of nitrogens with one attached hydrogen (secondary N) is 1. The number of carbonyl (C=O) groups is 2. The second kappa shape index (κ2) is 13.4. The zero-order valence-electron chi connectivity index (χ0n) is 27.0. The molecule has 0 spiro atoms. The lowest BCUT2D eigenvalue weighted by Crippen LogP contribution is -2.57. The number of rotatable bonds is 7. The summed E-state index contributed by atoms with van der Waals surface area (Å²) < 4.78 is 47.6. The molecule has 2 fully saturated rings. The summed E-state index contributed by atoms with van der Waals surface area (Å²) in [6, 6.07) is 14.9. The number of hydrogen-bond donors (Lipinski definition) is 1. The summed E-state index contributed by atoms with van der Waals surface area (Å²) in [7, 11) is 2.03. The average molecular weight is 651 g/mol. The van der Waals surface area contributed by atoms with E-state index in [-0.39, 0.29) is 30.2 Å². The summed E-state index contributed by atoms with van der Waals surface area (Å²) >= 11 is 0. The van der Waals surface area contributed by atoms with Crippen molar-refractivity contribution in [2.45, 2.75) is 51.4 Å². The number of ether oxygens (including phenoxy) is 1. The standard InChI is InChI=1S/C35H41F3N6O3/c1-4-25-22-42(34(46)44-18-15-23-9-8-11-27(32(23)44)35(36,37)38)19-20-43(25)29-14-13-28(26-10-6-7-12-30(26)47-5-2)40-31(29)33(45)39-24-16-17-41(3)21-24/h6-14,24-25H,4-5,15-22H2,1-3H3,(H,39,45)/t24-,25+/m0/s1. The SMILES string of the molecule is CCOc1ccccc1-c1ccc(N2CCN(C(=O)N3CCc4cccc(C(F)(F)F)c43)C[C@H]2CC)c(C(=O)N[C@H]2CCN(C)C2)n1. The minimum absolute atomic E-state index is 0.00267. The van der Waals surface area contributed by atoms with Crippen LogP contribution in [0, 0.1) is 0 Å². The Bertz CT molecular complexity index is 1630. The van der Waals surface area contributed by atoms with E-state index in [0.29, 0.717) is 67.5 Å². The highest BCUT2D eigenvalue weighted by Gasteiger charge is 2.41. The van der Waals surface area contributed by atoms with Gasteiger partial charge in [-0.2, -0.15) is 13.2 Å². The van der Waals surface area contributed by atoms with E-state index in [0.717, 1.165) is 31.1 Å².